The predicted molar refractivity (Wildman–Crippen MR) is 97.1 cm³/mol. The molecule has 7 heteroatoms. The molecule has 1 saturated carbocycles. The average Bonchev–Trinajstić information content (AvgIpc) is 3.31. The summed E-state index contributed by atoms with van der Waals surface area (Å²) in [6, 6.07) is 5.81. The number of nitrogens with one attached hydrogen (secondary N) is 1. The zero-order valence-electron chi connectivity index (χ0n) is 14.6. The Morgan fingerprint density at radius 1 is 1.27 bits per heavy atom. The number of anilines is 1. The van der Waals surface area contributed by atoms with Crippen LogP contribution in [0.3, 0.4) is 0 Å². The lowest BCUT2D eigenvalue weighted by Gasteiger charge is -2.05. The molecule has 0 unspecified atom stereocenters. The van der Waals surface area contributed by atoms with Crippen molar-refractivity contribution in [2.75, 3.05) is 19.2 Å². The molecule has 0 radical (unpaired) electrons. The molecule has 1 fully saturated rings. The van der Waals surface area contributed by atoms with E-state index in [1.165, 1.54) is 18.4 Å². The first-order valence-corrected chi connectivity index (χ1v) is 9.28. The van der Waals surface area contributed by atoms with E-state index in [2.05, 4.69) is 5.32 Å². The maximum absolute atomic E-state index is 12.2. The lowest BCUT2D eigenvalue weighted by molar-refractivity contribution is -0.117. The molecule has 0 spiro atoms. The van der Waals surface area contributed by atoms with E-state index in [1.54, 1.807) is 0 Å². The fourth-order valence-electron chi connectivity index (χ4n) is 2.96. The van der Waals surface area contributed by atoms with Crippen LogP contribution in [0.25, 0.3) is 0 Å². The molecule has 0 bridgehead atoms. The Hall–Kier alpha value is -2.54. The van der Waals surface area contributed by atoms with Crippen LogP contribution < -0.4 is 14.8 Å². The molecule has 1 aliphatic heterocycles. The summed E-state index contributed by atoms with van der Waals surface area (Å²) in [4.78, 5) is 25.4. The van der Waals surface area contributed by atoms with Gasteiger partial charge in [0, 0.05) is 17.2 Å². The van der Waals surface area contributed by atoms with Crippen molar-refractivity contribution in [2.24, 2.45) is 5.92 Å². The second kappa shape index (κ2) is 6.64. The minimum atomic E-state index is -0.429. The third-order valence-corrected chi connectivity index (χ3v) is 5.83. The second-order valence-corrected chi connectivity index (χ2v) is 7.58. The normalized spacial score (nSPS) is 15.0. The van der Waals surface area contributed by atoms with Crippen molar-refractivity contribution >= 4 is 28.2 Å². The lowest BCUT2D eigenvalue weighted by Crippen LogP contribution is -2.15. The van der Waals surface area contributed by atoms with Crippen molar-refractivity contribution in [3.63, 3.8) is 0 Å². The number of ether oxygens (including phenoxy) is 3. The summed E-state index contributed by atoms with van der Waals surface area (Å²) in [5.41, 5.74) is 2.34. The molecule has 1 amide bonds. The zero-order valence-corrected chi connectivity index (χ0v) is 15.4. The van der Waals surface area contributed by atoms with Gasteiger partial charge >= 0.3 is 5.97 Å². The highest BCUT2D eigenvalue weighted by Crippen LogP contribution is 2.39. The van der Waals surface area contributed by atoms with Crippen LogP contribution in [0.4, 0.5) is 5.00 Å². The highest BCUT2D eigenvalue weighted by molar-refractivity contribution is 7.17. The fourth-order valence-corrected chi connectivity index (χ4v) is 4.19. The number of carbonyl (C=O) groups is 2. The molecular formula is C19H19NO5S. The van der Waals surface area contributed by atoms with Crippen molar-refractivity contribution in [1.29, 1.82) is 0 Å². The maximum Gasteiger partial charge on any atom is 0.341 e. The molecule has 2 heterocycles. The van der Waals surface area contributed by atoms with Gasteiger partial charge in [0.25, 0.3) is 0 Å². The van der Waals surface area contributed by atoms with Crippen LogP contribution in [0, 0.1) is 12.8 Å². The minimum absolute atomic E-state index is 0.0222. The first-order chi connectivity index (χ1) is 12.6. The van der Waals surface area contributed by atoms with E-state index in [1.807, 2.05) is 25.1 Å². The minimum Gasteiger partial charge on any atom is -0.465 e. The molecular weight excluding hydrogens is 354 g/mol. The molecule has 1 aromatic heterocycles. The van der Waals surface area contributed by atoms with E-state index < -0.39 is 5.97 Å². The molecule has 1 aromatic carbocycles. The van der Waals surface area contributed by atoms with Crippen molar-refractivity contribution in [2.45, 2.75) is 26.2 Å². The van der Waals surface area contributed by atoms with Crippen LogP contribution in [0.5, 0.6) is 11.5 Å². The molecule has 26 heavy (non-hydrogen) atoms. The van der Waals surface area contributed by atoms with E-state index in [9.17, 15) is 9.59 Å². The van der Waals surface area contributed by atoms with Crippen LogP contribution in [0.2, 0.25) is 0 Å². The summed E-state index contributed by atoms with van der Waals surface area (Å²) in [5.74, 6) is 1.09. The third kappa shape index (κ3) is 3.14. The molecule has 4 rings (SSSR count). The SMILES string of the molecule is COC(=O)c1c(NC(=O)C2CC2)sc(Cc2ccc3c(c2)OCO3)c1C. The first-order valence-electron chi connectivity index (χ1n) is 8.46. The Bertz CT molecular complexity index is 884. The number of carbonyl (C=O) groups excluding carboxylic acids is 2. The molecule has 1 N–H and O–H groups in total. The number of hydrogen-bond donors (Lipinski definition) is 1. The van der Waals surface area contributed by atoms with Crippen LogP contribution in [-0.4, -0.2) is 25.8 Å². The zero-order chi connectivity index (χ0) is 18.3. The standard InChI is InChI=1S/C19H19NO5S/c1-10-15(8-11-3-6-13-14(7-11)25-9-24-13)26-18(16(10)19(22)23-2)20-17(21)12-4-5-12/h3,6-7,12H,4-5,8-9H2,1-2H3,(H,20,21). The number of methoxy groups -OCH3 is 1. The van der Waals surface area contributed by atoms with Crippen molar-refractivity contribution in [3.05, 3.63) is 39.8 Å². The van der Waals surface area contributed by atoms with Gasteiger partial charge < -0.3 is 19.5 Å². The van der Waals surface area contributed by atoms with Gasteiger partial charge in [-0.3, -0.25) is 4.79 Å². The number of benzene rings is 1. The fraction of sp³-hybridized carbons (Fsp3) is 0.368. The molecule has 6 nitrogen and oxygen atoms in total. The summed E-state index contributed by atoms with van der Waals surface area (Å²) in [5, 5.41) is 3.48. The lowest BCUT2D eigenvalue weighted by atomic mass is 10.1. The van der Waals surface area contributed by atoms with Gasteiger partial charge in [0.1, 0.15) is 5.00 Å². The molecule has 136 valence electrons. The topological polar surface area (TPSA) is 73.9 Å². The Morgan fingerprint density at radius 2 is 2.04 bits per heavy atom. The van der Waals surface area contributed by atoms with E-state index in [4.69, 9.17) is 14.2 Å². The van der Waals surface area contributed by atoms with E-state index in [-0.39, 0.29) is 18.6 Å². The van der Waals surface area contributed by atoms with Gasteiger partial charge in [0.15, 0.2) is 11.5 Å². The van der Waals surface area contributed by atoms with E-state index in [0.717, 1.165) is 40.3 Å². The van der Waals surface area contributed by atoms with Crippen molar-refractivity contribution < 1.29 is 23.8 Å². The summed E-state index contributed by atoms with van der Waals surface area (Å²) in [6.07, 6.45) is 2.46. The van der Waals surface area contributed by atoms with Crippen LogP contribution in [-0.2, 0) is 16.0 Å². The van der Waals surface area contributed by atoms with Crippen molar-refractivity contribution in [3.8, 4) is 11.5 Å². The molecule has 0 atom stereocenters. The Balaban J connectivity index is 1.63. The average molecular weight is 373 g/mol. The van der Waals surface area contributed by atoms with Crippen molar-refractivity contribution in [1.82, 2.24) is 0 Å². The van der Waals surface area contributed by atoms with Gasteiger partial charge in [-0.1, -0.05) is 6.07 Å². The van der Waals surface area contributed by atoms with Gasteiger partial charge in [0.2, 0.25) is 12.7 Å². The predicted octanol–water partition coefficient (Wildman–Crippen LogP) is 3.51. The smallest absolute Gasteiger partial charge is 0.341 e. The molecule has 1 aliphatic carbocycles. The van der Waals surface area contributed by atoms with Gasteiger partial charge in [-0.2, -0.15) is 0 Å². The maximum atomic E-state index is 12.2. The second-order valence-electron chi connectivity index (χ2n) is 6.47. The first kappa shape index (κ1) is 16.9. The number of esters is 1. The van der Waals surface area contributed by atoms with Crippen LogP contribution in [0.15, 0.2) is 18.2 Å². The highest BCUT2D eigenvalue weighted by Gasteiger charge is 2.32. The number of hydrogen-bond acceptors (Lipinski definition) is 6. The molecule has 2 aromatic rings. The number of fused-ring (bicyclic) bond motifs is 1. The van der Waals surface area contributed by atoms with E-state index >= 15 is 0 Å². The molecule has 2 aliphatic rings. The van der Waals surface area contributed by atoms with Crippen LogP contribution in [0.1, 0.15) is 39.2 Å². The van der Waals surface area contributed by atoms with E-state index in [0.29, 0.717) is 17.0 Å². The largest absolute Gasteiger partial charge is 0.465 e. The third-order valence-electron chi connectivity index (χ3n) is 4.62. The Morgan fingerprint density at radius 3 is 2.77 bits per heavy atom. The Labute approximate surface area is 155 Å². The monoisotopic (exact) mass is 373 g/mol. The Kier molecular flexibility index (Phi) is 4.32. The summed E-state index contributed by atoms with van der Waals surface area (Å²) in [6.45, 7) is 2.12. The quantitative estimate of drug-likeness (QED) is 0.812. The summed E-state index contributed by atoms with van der Waals surface area (Å²) in [7, 11) is 1.35. The van der Waals surface area contributed by atoms with Gasteiger partial charge in [-0.05, 0) is 43.0 Å². The molecule has 0 saturated heterocycles. The van der Waals surface area contributed by atoms with Gasteiger partial charge in [-0.15, -0.1) is 11.3 Å². The summed E-state index contributed by atoms with van der Waals surface area (Å²) >= 11 is 1.43. The van der Waals surface area contributed by atoms with Gasteiger partial charge in [0.05, 0.1) is 12.7 Å². The number of rotatable bonds is 5. The number of thiophene rings is 1. The van der Waals surface area contributed by atoms with Gasteiger partial charge in [-0.25, -0.2) is 4.79 Å². The van der Waals surface area contributed by atoms with Crippen LogP contribution >= 0.6 is 11.3 Å². The highest BCUT2D eigenvalue weighted by atomic mass is 32.1. The number of amides is 1. The summed E-state index contributed by atoms with van der Waals surface area (Å²) < 4.78 is 15.7.